The van der Waals surface area contributed by atoms with Crippen molar-refractivity contribution in [2.45, 2.75) is 65.2 Å². The minimum Gasteiger partial charge on any atom is -0.205 e. The summed E-state index contributed by atoms with van der Waals surface area (Å²) in [6.45, 7) is 4.28. The molecule has 0 fully saturated rings. The molecule has 0 aliphatic rings. The van der Waals surface area contributed by atoms with E-state index in [-0.39, 0.29) is 5.82 Å². The molecule has 0 radical (unpaired) electrons. The number of benzene rings is 4. The van der Waals surface area contributed by atoms with Gasteiger partial charge in [0.05, 0.1) is 5.56 Å². The van der Waals surface area contributed by atoms with Crippen LogP contribution in [0.4, 0.5) is 4.39 Å². The van der Waals surface area contributed by atoms with Crippen molar-refractivity contribution in [3.05, 3.63) is 130 Å². The fourth-order valence-electron chi connectivity index (χ4n) is 4.61. The van der Waals surface area contributed by atoms with Crippen LogP contribution in [0.3, 0.4) is 0 Å². The number of halogens is 1. The van der Waals surface area contributed by atoms with Gasteiger partial charge in [0.25, 0.3) is 0 Å². The topological polar surface area (TPSA) is 0 Å². The first kappa shape index (κ1) is 28.0. The Kier molecular flexibility index (Phi) is 10.6. The monoisotopic (exact) mass is 512 g/mol. The van der Waals surface area contributed by atoms with E-state index in [0.29, 0.717) is 10.9 Å². The number of aryl methyl sites for hydroxylation is 2. The van der Waals surface area contributed by atoms with Crippen molar-refractivity contribution in [1.82, 2.24) is 0 Å². The van der Waals surface area contributed by atoms with Gasteiger partial charge in [-0.05, 0) is 91.6 Å². The molecule has 0 heterocycles. The summed E-state index contributed by atoms with van der Waals surface area (Å²) in [4.78, 5) is 0. The SMILES string of the molecule is C/C=C/CCc1ccc(C#Cc2ccc3cc(C#Cc4ccc(CCCCCCC)cc4)ccc3c2F)cc1. The molecule has 0 saturated carbocycles. The smallest absolute Gasteiger partial charge is 0.146 e. The van der Waals surface area contributed by atoms with Gasteiger partial charge >= 0.3 is 0 Å². The van der Waals surface area contributed by atoms with E-state index in [9.17, 15) is 0 Å². The number of hydrogen-bond donors (Lipinski definition) is 0. The van der Waals surface area contributed by atoms with Crippen molar-refractivity contribution in [2.24, 2.45) is 0 Å². The molecular formula is C38H37F. The second kappa shape index (κ2) is 14.8. The zero-order valence-electron chi connectivity index (χ0n) is 23.2. The van der Waals surface area contributed by atoms with Crippen molar-refractivity contribution in [2.75, 3.05) is 0 Å². The van der Waals surface area contributed by atoms with E-state index < -0.39 is 0 Å². The van der Waals surface area contributed by atoms with Gasteiger partial charge in [-0.25, -0.2) is 4.39 Å². The predicted octanol–water partition coefficient (Wildman–Crippen LogP) is 9.80. The molecule has 4 aromatic rings. The molecule has 0 aliphatic heterocycles. The van der Waals surface area contributed by atoms with E-state index in [4.69, 9.17) is 0 Å². The lowest BCUT2D eigenvalue weighted by molar-refractivity contribution is 0.632. The molecule has 0 amide bonds. The molecule has 0 saturated heterocycles. The first-order valence-corrected chi connectivity index (χ1v) is 14.2. The van der Waals surface area contributed by atoms with Crippen LogP contribution in [-0.2, 0) is 12.8 Å². The third kappa shape index (κ3) is 8.46. The van der Waals surface area contributed by atoms with Crippen LogP contribution < -0.4 is 0 Å². The van der Waals surface area contributed by atoms with E-state index in [1.54, 1.807) is 12.1 Å². The Morgan fingerprint density at radius 1 is 0.641 bits per heavy atom. The highest BCUT2D eigenvalue weighted by molar-refractivity contribution is 5.86. The van der Waals surface area contributed by atoms with Crippen LogP contribution in [0.2, 0.25) is 0 Å². The van der Waals surface area contributed by atoms with E-state index in [1.807, 2.05) is 37.3 Å². The van der Waals surface area contributed by atoms with Gasteiger partial charge in [0.15, 0.2) is 0 Å². The Morgan fingerprint density at radius 2 is 1.26 bits per heavy atom. The lowest BCUT2D eigenvalue weighted by Gasteiger charge is -2.03. The highest BCUT2D eigenvalue weighted by Crippen LogP contribution is 2.22. The maximum absolute atomic E-state index is 15.2. The molecule has 0 spiro atoms. The minimum absolute atomic E-state index is 0.284. The van der Waals surface area contributed by atoms with Gasteiger partial charge in [0, 0.05) is 22.1 Å². The summed E-state index contributed by atoms with van der Waals surface area (Å²) in [5, 5.41) is 1.39. The molecule has 196 valence electrons. The Hall–Kier alpha value is -4.07. The lowest BCUT2D eigenvalue weighted by Crippen LogP contribution is -1.88. The second-order valence-corrected chi connectivity index (χ2v) is 10.0. The Labute approximate surface area is 234 Å². The normalized spacial score (nSPS) is 10.7. The molecule has 1 heteroatoms. The van der Waals surface area contributed by atoms with Gasteiger partial charge in [-0.15, -0.1) is 0 Å². The molecule has 0 N–H and O–H groups in total. The summed E-state index contributed by atoms with van der Waals surface area (Å²) in [5.41, 5.74) is 5.80. The number of fused-ring (bicyclic) bond motifs is 1. The largest absolute Gasteiger partial charge is 0.205 e. The van der Waals surface area contributed by atoms with Gasteiger partial charge in [-0.1, -0.05) is 105 Å². The van der Waals surface area contributed by atoms with Gasteiger partial charge in [-0.3, -0.25) is 0 Å². The Balaban J connectivity index is 1.41. The predicted molar refractivity (Wildman–Crippen MR) is 164 cm³/mol. The van der Waals surface area contributed by atoms with Crippen molar-refractivity contribution >= 4 is 10.8 Å². The Bertz CT molecular complexity index is 1510. The summed E-state index contributed by atoms with van der Waals surface area (Å²) < 4.78 is 15.2. The molecule has 0 bridgehead atoms. The van der Waals surface area contributed by atoms with Crippen LogP contribution >= 0.6 is 0 Å². The average molecular weight is 513 g/mol. The second-order valence-electron chi connectivity index (χ2n) is 10.0. The quantitative estimate of drug-likeness (QED) is 0.119. The van der Waals surface area contributed by atoms with Crippen LogP contribution in [0.25, 0.3) is 10.8 Å². The first-order chi connectivity index (χ1) is 19.2. The molecule has 0 atom stereocenters. The highest BCUT2D eigenvalue weighted by atomic mass is 19.1. The molecular weight excluding hydrogens is 475 g/mol. The number of allylic oxidation sites excluding steroid dienone is 2. The molecule has 0 aliphatic carbocycles. The number of hydrogen-bond acceptors (Lipinski definition) is 0. The Morgan fingerprint density at radius 3 is 1.95 bits per heavy atom. The first-order valence-electron chi connectivity index (χ1n) is 14.2. The van der Waals surface area contributed by atoms with E-state index in [1.165, 1.54) is 43.2 Å². The van der Waals surface area contributed by atoms with Gasteiger partial charge in [0.1, 0.15) is 5.82 Å². The molecule has 0 nitrogen and oxygen atoms in total. The van der Waals surface area contributed by atoms with Gasteiger partial charge < -0.3 is 0 Å². The minimum atomic E-state index is -0.284. The fraction of sp³-hybridized carbons (Fsp3) is 0.263. The summed E-state index contributed by atoms with van der Waals surface area (Å²) in [5.74, 6) is 12.3. The molecule has 0 aromatic heterocycles. The van der Waals surface area contributed by atoms with E-state index in [0.717, 1.165) is 41.3 Å². The summed E-state index contributed by atoms with van der Waals surface area (Å²) in [7, 11) is 0. The van der Waals surface area contributed by atoms with Gasteiger partial charge in [-0.2, -0.15) is 0 Å². The zero-order valence-corrected chi connectivity index (χ0v) is 23.2. The summed E-state index contributed by atoms with van der Waals surface area (Å²) in [6, 6.07) is 26.1. The summed E-state index contributed by atoms with van der Waals surface area (Å²) >= 11 is 0. The lowest BCUT2D eigenvalue weighted by atomic mass is 10.0. The third-order valence-corrected chi connectivity index (χ3v) is 6.96. The number of rotatable bonds is 9. The van der Waals surface area contributed by atoms with E-state index in [2.05, 4.69) is 79.2 Å². The highest BCUT2D eigenvalue weighted by Gasteiger charge is 2.06. The fourth-order valence-corrected chi connectivity index (χ4v) is 4.61. The maximum Gasteiger partial charge on any atom is 0.146 e. The van der Waals surface area contributed by atoms with Crippen LogP contribution in [-0.4, -0.2) is 0 Å². The molecule has 4 rings (SSSR count). The molecule has 39 heavy (non-hydrogen) atoms. The van der Waals surface area contributed by atoms with Crippen LogP contribution in [0, 0.1) is 29.5 Å². The van der Waals surface area contributed by atoms with Crippen molar-refractivity contribution in [1.29, 1.82) is 0 Å². The van der Waals surface area contributed by atoms with Crippen LogP contribution in [0.1, 0.15) is 85.8 Å². The van der Waals surface area contributed by atoms with Crippen molar-refractivity contribution in [3.8, 4) is 23.7 Å². The standard InChI is InChI=1S/C38H37F/c1-3-5-7-8-10-12-31-13-17-32(18-14-31)21-22-34-24-28-37-36(29-34)27-26-35(38(37)39)25-23-33-19-15-30(16-20-33)11-9-6-4-2/h4,6,13-20,24,26-29H,3,5,7-12H2,1-2H3/b6-4+. The molecule has 4 aromatic carbocycles. The third-order valence-electron chi connectivity index (χ3n) is 6.96. The van der Waals surface area contributed by atoms with Crippen molar-refractivity contribution < 1.29 is 4.39 Å². The van der Waals surface area contributed by atoms with Crippen LogP contribution in [0.15, 0.2) is 91.0 Å². The van der Waals surface area contributed by atoms with Gasteiger partial charge in [0.2, 0.25) is 0 Å². The van der Waals surface area contributed by atoms with E-state index >= 15 is 4.39 Å². The molecule has 0 unspecified atom stereocenters. The van der Waals surface area contributed by atoms with Crippen molar-refractivity contribution in [3.63, 3.8) is 0 Å². The average Bonchev–Trinajstić information content (AvgIpc) is 2.97. The zero-order chi connectivity index (χ0) is 27.3. The van der Waals surface area contributed by atoms with Crippen LogP contribution in [0.5, 0.6) is 0 Å². The number of unbranched alkanes of at least 4 members (excludes halogenated alkanes) is 4. The summed E-state index contributed by atoms with van der Waals surface area (Å²) in [6.07, 6.45) is 13.9. The maximum atomic E-state index is 15.2.